The van der Waals surface area contributed by atoms with Gasteiger partial charge in [0, 0.05) is 19.6 Å². The van der Waals surface area contributed by atoms with Crippen molar-refractivity contribution < 1.29 is 17.9 Å². The van der Waals surface area contributed by atoms with Gasteiger partial charge in [-0.1, -0.05) is 6.92 Å². The number of esters is 1. The zero-order valence-corrected chi connectivity index (χ0v) is 13.1. The number of piperidine rings is 2. The molecule has 0 aromatic heterocycles. The number of ether oxygens (including phenoxy) is 1. The molecule has 0 aliphatic carbocycles. The Balaban J connectivity index is 2.19. The fourth-order valence-corrected chi connectivity index (χ4v) is 5.03. The molecule has 0 spiro atoms. The highest BCUT2D eigenvalue weighted by atomic mass is 32.2. The van der Waals surface area contributed by atoms with E-state index in [2.05, 4.69) is 6.92 Å². The standard InChI is InChI=1S/C13H24N2O4S/c1-11-6-5-8-14(10-11)20(17,18)15-9-4-3-7-12(15)13(16)19-2/h11-12H,3-10H2,1-2H3/t11?,12-/m1/s1. The SMILES string of the molecule is COC(=O)[C@H]1CCCCN1S(=O)(=O)N1CCCC(C)C1. The second-order valence-electron chi connectivity index (χ2n) is 5.76. The van der Waals surface area contributed by atoms with Gasteiger partial charge < -0.3 is 4.74 Å². The lowest BCUT2D eigenvalue weighted by atomic mass is 10.0. The quantitative estimate of drug-likeness (QED) is 0.729. The van der Waals surface area contributed by atoms with Gasteiger partial charge in [-0.25, -0.2) is 0 Å². The van der Waals surface area contributed by atoms with Gasteiger partial charge in [0.2, 0.25) is 0 Å². The van der Waals surface area contributed by atoms with Crippen LogP contribution in [0.5, 0.6) is 0 Å². The Kier molecular flexibility index (Phi) is 5.04. The minimum Gasteiger partial charge on any atom is -0.468 e. The van der Waals surface area contributed by atoms with Crippen molar-refractivity contribution in [3.63, 3.8) is 0 Å². The smallest absolute Gasteiger partial charge is 0.324 e. The van der Waals surface area contributed by atoms with Crippen LogP contribution < -0.4 is 0 Å². The minimum absolute atomic E-state index is 0.375. The molecule has 2 atom stereocenters. The first-order valence-electron chi connectivity index (χ1n) is 7.31. The monoisotopic (exact) mass is 304 g/mol. The predicted molar refractivity (Wildman–Crippen MR) is 75.3 cm³/mol. The van der Waals surface area contributed by atoms with Crippen LogP contribution in [0.25, 0.3) is 0 Å². The minimum atomic E-state index is -3.56. The molecule has 2 fully saturated rings. The fraction of sp³-hybridized carbons (Fsp3) is 0.923. The third kappa shape index (κ3) is 3.15. The normalized spacial score (nSPS) is 30.1. The Hall–Kier alpha value is -0.660. The highest BCUT2D eigenvalue weighted by Gasteiger charge is 2.41. The summed E-state index contributed by atoms with van der Waals surface area (Å²) >= 11 is 0. The second kappa shape index (κ2) is 6.41. The lowest BCUT2D eigenvalue weighted by Crippen LogP contribution is -2.55. The van der Waals surface area contributed by atoms with Crippen LogP contribution in [-0.2, 0) is 19.7 Å². The molecular weight excluding hydrogens is 280 g/mol. The molecular formula is C13H24N2O4S. The number of hydrogen-bond donors (Lipinski definition) is 0. The largest absolute Gasteiger partial charge is 0.468 e. The molecule has 0 aromatic rings. The fourth-order valence-electron chi connectivity index (χ4n) is 3.06. The number of carbonyl (C=O) groups excluding carboxylic acids is 1. The van der Waals surface area contributed by atoms with E-state index in [4.69, 9.17) is 4.74 Å². The van der Waals surface area contributed by atoms with Crippen molar-refractivity contribution in [2.75, 3.05) is 26.7 Å². The molecule has 116 valence electrons. The maximum absolute atomic E-state index is 12.8. The van der Waals surface area contributed by atoms with Crippen molar-refractivity contribution in [2.24, 2.45) is 5.92 Å². The first kappa shape index (κ1) is 15.7. The van der Waals surface area contributed by atoms with Gasteiger partial charge in [-0.15, -0.1) is 0 Å². The summed E-state index contributed by atoms with van der Waals surface area (Å²) < 4.78 is 33.2. The second-order valence-corrected chi connectivity index (χ2v) is 7.64. The molecule has 2 heterocycles. The van der Waals surface area contributed by atoms with E-state index in [0.29, 0.717) is 32.0 Å². The summed E-state index contributed by atoms with van der Waals surface area (Å²) in [5.41, 5.74) is 0. The lowest BCUT2D eigenvalue weighted by Gasteiger charge is -2.38. The highest BCUT2D eigenvalue weighted by molar-refractivity contribution is 7.86. The molecule has 0 N–H and O–H groups in total. The van der Waals surface area contributed by atoms with Gasteiger partial charge in [-0.05, 0) is 38.0 Å². The van der Waals surface area contributed by atoms with E-state index in [0.717, 1.165) is 25.7 Å². The number of rotatable bonds is 3. The molecule has 2 aliphatic heterocycles. The molecule has 1 unspecified atom stereocenters. The van der Waals surface area contributed by atoms with Gasteiger partial charge in [0.25, 0.3) is 10.2 Å². The Morgan fingerprint density at radius 1 is 1.15 bits per heavy atom. The Bertz CT molecular complexity index is 451. The van der Waals surface area contributed by atoms with Gasteiger partial charge in [-0.3, -0.25) is 4.79 Å². The summed E-state index contributed by atoms with van der Waals surface area (Å²) in [5.74, 6) is -0.0711. The zero-order valence-electron chi connectivity index (χ0n) is 12.2. The summed E-state index contributed by atoms with van der Waals surface area (Å²) in [5, 5.41) is 0. The molecule has 0 radical (unpaired) electrons. The van der Waals surface area contributed by atoms with E-state index < -0.39 is 22.2 Å². The summed E-state index contributed by atoms with van der Waals surface area (Å²) in [7, 11) is -2.25. The van der Waals surface area contributed by atoms with E-state index in [9.17, 15) is 13.2 Å². The average Bonchev–Trinajstić information content (AvgIpc) is 2.46. The van der Waals surface area contributed by atoms with Crippen molar-refractivity contribution in [1.82, 2.24) is 8.61 Å². The van der Waals surface area contributed by atoms with Crippen LogP contribution >= 0.6 is 0 Å². The third-order valence-corrected chi connectivity index (χ3v) is 6.18. The molecule has 0 amide bonds. The molecule has 0 saturated carbocycles. The van der Waals surface area contributed by atoms with E-state index in [1.165, 1.54) is 15.7 Å². The van der Waals surface area contributed by atoms with Crippen LogP contribution in [0, 0.1) is 5.92 Å². The van der Waals surface area contributed by atoms with Gasteiger partial charge in [0.15, 0.2) is 0 Å². The van der Waals surface area contributed by atoms with Crippen molar-refractivity contribution in [3.05, 3.63) is 0 Å². The maximum Gasteiger partial charge on any atom is 0.324 e. The summed E-state index contributed by atoms with van der Waals surface area (Å²) in [6.07, 6.45) is 4.16. The zero-order chi connectivity index (χ0) is 14.8. The lowest BCUT2D eigenvalue weighted by molar-refractivity contribution is -0.146. The average molecular weight is 304 g/mol. The van der Waals surface area contributed by atoms with Crippen molar-refractivity contribution in [1.29, 1.82) is 0 Å². The first-order valence-corrected chi connectivity index (χ1v) is 8.71. The Morgan fingerprint density at radius 2 is 1.90 bits per heavy atom. The van der Waals surface area contributed by atoms with Crippen LogP contribution in [0.1, 0.15) is 39.0 Å². The first-order chi connectivity index (χ1) is 9.46. The number of methoxy groups -OCH3 is 1. The van der Waals surface area contributed by atoms with Crippen LogP contribution in [-0.4, -0.2) is 55.8 Å². The van der Waals surface area contributed by atoms with Crippen molar-refractivity contribution >= 4 is 16.2 Å². The van der Waals surface area contributed by atoms with Crippen LogP contribution in [0.2, 0.25) is 0 Å². The molecule has 2 saturated heterocycles. The van der Waals surface area contributed by atoms with Gasteiger partial charge in [0.1, 0.15) is 6.04 Å². The maximum atomic E-state index is 12.8. The number of nitrogens with zero attached hydrogens (tertiary/aromatic N) is 2. The highest BCUT2D eigenvalue weighted by Crippen LogP contribution is 2.26. The number of hydrogen-bond acceptors (Lipinski definition) is 4. The van der Waals surface area contributed by atoms with Crippen molar-refractivity contribution in [3.8, 4) is 0 Å². The Labute approximate surface area is 121 Å². The van der Waals surface area contributed by atoms with Crippen LogP contribution in [0.4, 0.5) is 0 Å². The van der Waals surface area contributed by atoms with E-state index in [1.54, 1.807) is 0 Å². The molecule has 6 nitrogen and oxygen atoms in total. The molecule has 0 aromatic carbocycles. The van der Waals surface area contributed by atoms with Crippen molar-refractivity contribution in [2.45, 2.75) is 45.1 Å². The molecule has 2 aliphatic rings. The summed E-state index contributed by atoms with van der Waals surface area (Å²) in [6.45, 7) is 3.58. The molecule has 2 rings (SSSR count). The molecule has 20 heavy (non-hydrogen) atoms. The molecule has 0 bridgehead atoms. The summed E-state index contributed by atoms with van der Waals surface area (Å²) in [4.78, 5) is 11.8. The van der Waals surface area contributed by atoms with Gasteiger partial charge >= 0.3 is 5.97 Å². The number of carbonyl (C=O) groups is 1. The van der Waals surface area contributed by atoms with E-state index in [1.807, 2.05) is 0 Å². The van der Waals surface area contributed by atoms with E-state index >= 15 is 0 Å². The molecule has 7 heteroatoms. The van der Waals surface area contributed by atoms with Crippen LogP contribution in [0.3, 0.4) is 0 Å². The van der Waals surface area contributed by atoms with Gasteiger partial charge in [-0.2, -0.15) is 17.0 Å². The summed E-state index contributed by atoms with van der Waals surface area (Å²) in [6, 6.07) is -0.656. The van der Waals surface area contributed by atoms with Crippen LogP contribution in [0.15, 0.2) is 0 Å². The topological polar surface area (TPSA) is 66.9 Å². The Morgan fingerprint density at radius 3 is 2.55 bits per heavy atom. The van der Waals surface area contributed by atoms with E-state index in [-0.39, 0.29) is 0 Å². The predicted octanol–water partition coefficient (Wildman–Crippen LogP) is 0.991. The third-order valence-electron chi connectivity index (χ3n) is 4.17. The van der Waals surface area contributed by atoms with Gasteiger partial charge in [0.05, 0.1) is 7.11 Å².